The van der Waals surface area contributed by atoms with Crippen LogP contribution in [0.4, 0.5) is 0 Å². The second kappa shape index (κ2) is 4.72. The van der Waals surface area contributed by atoms with Crippen LogP contribution in [0.15, 0.2) is 11.6 Å². The highest BCUT2D eigenvalue weighted by atomic mass is 14.4. The third-order valence-corrected chi connectivity index (χ3v) is 4.54. The van der Waals surface area contributed by atoms with Gasteiger partial charge >= 0.3 is 0 Å². The van der Waals surface area contributed by atoms with E-state index in [1.165, 1.54) is 19.3 Å². The van der Waals surface area contributed by atoms with E-state index in [2.05, 4.69) is 47.6 Å². The summed E-state index contributed by atoms with van der Waals surface area (Å²) in [7, 11) is 0. The van der Waals surface area contributed by atoms with E-state index in [1.807, 2.05) is 0 Å². The van der Waals surface area contributed by atoms with Crippen molar-refractivity contribution in [2.75, 3.05) is 0 Å². The normalized spacial score (nSPS) is 30.5. The molecular weight excluding hydrogens is 180 g/mol. The van der Waals surface area contributed by atoms with Crippen molar-refractivity contribution in [3.63, 3.8) is 0 Å². The van der Waals surface area contributed by atoms with Gasteiger partial charge < -0.3 is 0 Å². The molecule has 0 radical (unpaired) electrons. The van der Waals surface area contributed by atoms with Gasteiger partial charge in [-0.05, 0) is 42.9 Å². The lowest BCUT2D eigenvalue weighted by Crippen LogP contribution is -2.34. The standard InChI is InChI=1S/C15H28/c1-11(2)7-10-14-12(3)8-9-13(4)15(14,5)6/h8,11,13-14H,7,9-10H2,1-6H3. The van der Waals surface area contributed by atoms with E-state index < -0.39 is 0 Å². The van der Waals surface area contributed by atoms with Gasteiger partial charge in [0.1, 0.15) is 0 Å². The molecule has 0 aromatic rings. The summed E-state index contributed by atoms with van der Waals surface area (Å²) in [6.45, 7) is 14.3. The highest BCUT2D eigenvalue weighted by Gasteiger charge is 2.37. The molecule has 1 aliphatic carbocycles. The predicted octanol–water partition coefficient (Wildman–Crippen LogP) is 5.05. The van der Waals surface area contributed by atoms with Gasteiger partial charge in [0.15, 0.2) is 0 Å². The van der Waals surface area contributed by atoms with Gasteiger partial charge in [-0.15, -0.1) is 0 Å². The van der Waals surface area contributed by atoms with Crippen LogP contribution in [0.2, 0.25) is 0 Å². The van der Waals surface area contributed by atoms with Crippen LogP contribution < -0.4 is 0 Å². The summed E-state index contributed by atoms with van der Waals surface area (Å²) in [5.41, 5.74) is 2.13. The monoisotopic (exact) mass is 208 g/mol. The van der Waals surface area contributed by atoms with E-state index in [0.29, 0.717) is 5.41 Å². The number of hydrogen-bond acceptors (Lipinski definition) is 0. The lowest BCUT2D eigenvalue weighted by atomic mass is 9.61. The summed E-state index contributed by atoms with van der Waals surface area (Å²) in [6, 6.07) is 0. The minimum Gasteiger partial charge on any atom is -0.0850 e. The van der Waals surface area contributed by atoms with Crippen LogP contribution in [0.5, 0.6) is 0 Å². The maximum atomic E-state index is 2.47. The highest BCUT2D eigenvalue weighted by molar-refractivity contribution is 5.13. The molecule has 2 unspecified atom stereocenters. The van der Waals surface area contributed by atoms with Crippen LogP contribution in [0.25, 0.3) is 0 Å². The van der Waals surface area contributed by atoms with Crippen LogP contribution in [-0.2, 0) is 0 Å². The molecule has 0 bridgehead atoms. The van der Waals surface area contributed by atoms with Crippen LogP contribution in [0, 0.1) is 23.2 Å². The summed E-state index contributed by atoms with van der Waals surface area (Å²) >= 11 is 0. The highest BCUT2D eigenvalue weighted by Crippen LogP contribution is 2.47. The molecule has 0 aromatic carbocycles. The van der Waals surface area contributed by atoms with Gasteiger partial charge in [-0.2, -0.15) is 0 Å². The molecule has 1 rings (SSSR count). The summed E-state index contributed by atoms with van der Waals surface area (Å²) < 4.78 is 0. The van der Waals surface area contributed by atoms with Crippen molar-refractivity contribution in [2.24, 2.45) is 23.2 Å². The number of allylic oxidation sites excluding steroid dienone is 2. The summed E-state index contributed by atoms with van der Waals surface area (Å²) in [4.78, 5) is 0. The van der Waals surface area contributed by atoms with Crippen molar-refractivity contribution in [3.05, 3.63) is 11.6 Å². The SMILES string of the molecule is CC1=CCC(C)C(C)(C)C1CCC(C)C. The molecule has 2 atom stereocenters. The molecule has 0 aliphatic heterocycles. The summed E-state index contributed by atoms with van der Waals surface area (Å²) in [5.74, 6) is 2.48. The van der Waals surface area contributed by atoms with Crippen LogP contribution in [0.1, 0.15) is 60.8 Å². The molecular formula is C15H28. The Morgan fingerprint density at radius 2 is 2.00 bits per heavy atom. The molecule has 0 nitrogen and oxygen atoms in total. The minimum absolute atomic E-state index is 0.494. The average Bonchev–Trinajstić information content (AvgIpc) is 2.11. The van der Waals surface area contributed by atoms with Crippen molar-refractivity contribution < 1.29 is 0 Å². The van der Waals surface area contributed by atoms with Crippen LogP contribution in [0.3, 0.4) is 0 Å². The second-order valence-electron chi connectivity index (χ2n) is 6.43. The van der Waals surface area contributed by atoms with Gasteiger partial charge in [0.05, 0.1) is 0 Å². The molecule has 0 saturated heterocycles. The molecule has 0 heteroatoms. The maximum Gasteiger partial charge on any atom is -0.0152 e. The quantitative estimate of drug-likeness (QED) is 0.569. The Kier molecular flexibility index (Phi) is 4.03. The van der Waals surface area contributed by atoms with E-state index in [-0.39, 0.29) is 0 Å². The molecule has 15 heavy (non-hydrogen) atoms. The third-order valence-electron chi connectivity index (χ3n) is 4.54. The zero-order valence-electron chi connectivity index (χ0n) is 11.4. The first-order valence-corrected chi connectivity index (χ1v) is 6.52. The summed E-state index contributed by atoms with van der Waals surface area (Å²) in [5, 5.41) is 0. The van der Waals surface area contributed by atoms with E-state index in [9.17, 15) is 0 Å². The third kappa shape index (κ3) is 2.86. The van der Waals surface area contributed by atoms with E-state index in [4.69, 9.17) is 0 Å². The van der Waals surface area contributed by atoms with Crippen LogP contribution in [-0.4, -0.2) is 0 Å². The van der Waals surface area contributed by atoms with Crippen molar-refractivity contribution in [1.82, 2.24) is 0 Å². The van der Waals surface area contributed by atoms with Gasteiger partial charge in [-0.3, -0.25) is 0 Å². The summed E-state index contributed by atoms with van der Waals surface area (Å²) in [6.07, 6.45) is 6.49. The molecule has 0 N–H and O–H groups in total. The smallest absolute Gasteiger partial charge is 0.0152 e. The predicted molar refractivity (Wildman–Crippen MR) is 68.9 cm³/mol. The molecule has 88 valence electrons. The lowest BCUT2D eigenvalue weighted by Gasteiger charge is -2.44. The first-order valence-electron chi connectivity index (χ1n) is 6.52. The van der Waals surface area contributed by atoms with Gasteiger partial charge in [0.2, 0.25) is 0 Å². The Balaban J connectivity index is 2.73. The van der Waals surface area contributed by atoms with Crippen LogP contribution >= 0.6 is 0 Å². The van der Waals surface area contributed by atoms with Gasteiger partial charge in [0.25, 0.3) is 0 Å². The van der Waals surface area contributed by atoms with Gasteiger partial charge in [-0.1, -0.05) is 52.7 Å². The van der Waals surface area contributed by atoms with Gasteiger partial charge in [0, 0.05) is 0 Å². The Morgan fingerprint density at radius 3 is 2.53 bits per heavy atom. The van der Waals surface area contributed by atoms with Crippen molar-refractivity contribution in [3.8, 4) is 0 Å². The minimum atomic E-state index is 0.494. The Bertz CT molecular complexity index is 232. The zero-order valence-corrected chi connectivity index (χ0v) is 11.4. The fourth-order valence-corrected chi connectivity index (χ4v) is 2.84. The first-order chi connectivity index (χ1) is 6.85. The first kappa shape index (κ1) is 12.8. The van der Waals surface area contributed by atoms with Crippen molar-refractivity contribution in [1.29, 1.82) is 0 Å². The fourth-order valence-electron chi connectivity index (χ4n) is 2.84. The number of rotatable bonds is 3. The number of hydrogen-bond donors (Lipinski definition) is 0. The molecule has 0 fully saturated rings. The molecule has 0 heterocycles. The molecule has 0 spiro atoms. The average molecular weight is 208 g/mol. The Hall–Kier alpha value is -0.260. The molecule has 0 saturated carbocycles. The zero-order chi connectivity index (χ0) is 11.6. The van der Waals surface area contributed by atoms with Crippen molar-refractivity contribution >= 4 is 0 Å². The van der Waals surface area contributed by atoms with E-state index >= 15 is 0 Å². The Morgan fingerprint density at radius 1 is 1.40 bits per heavy atom. The maximum absolute atomic E-state index is 2.47. The van der Waals surface area contributed by atoms with E-state index in [1.54, 1.807) is 5.57 Å². The van der Waals surface area contributed by atoms with Crippen molar-refractivity contribution in [2.45, 2.75) is 60.8 Å². The second-order valence-corrected chi connectivity index (χ2v) is 6.43. The molecule has 0 aromatic heterocycles. The fraction of sp³-hybridized carbons (Fsp3) is 0.867. The molecule has 1 aliphatic rings. The topological polar surface area (TPSA) is 0 Å². The molecule has 0 amide bonds. The van der Waals surface area contributed by atoms with Gasteiger partial charge in [-0.25, -0.2) is 0 Å². The lowest BCUT2D eigenvalue weighted by molar-refractivity contribution is 0.126. The largest absolute Gasteiger partial charge is 0.0850 e. The van der Waals surface area contributed by atoms with E-state index in [0.717, 1.165) is 17.8 Å². The Labute approximate surface area is 96.2 Å².